The second-order valence-corrected chi connectivity index (χ2v) is 4.41. The van der Waals surface area contributed by atoms with E-state index in [1.54, 1.807) is 30.3 Å². The number of aromatic nitrogens is 4. The SMILES string of the molecule is FC(F)(F)c1cc(-c2ccncc2)nc(-c2ccccn2)n1. The Morgan fingerprint density at radius 3 is 2.23 bits per heavy atom. The Morgan fingerprint density at radius 2 is 1.59 bits per heavy atom. The normalized spacial score (nSPS) is 11.4. The molecular formula is C15H9F3N4. The molecule has 0 amide bonds. The third kappa shape index (κ3) is 2.93. The minimum absolute atomic E-state index is 0.0674. The molecule has 0 aliphatic heterocycles. The van der Waals surface area contributed by atoms with E-state index < -0.39 is 11.9 Å². The van der Waals surface area contributed by atoms with E-state index >= 15 is 0 Å². The summed E-state index contributed by atoms with van der Waals surface area (Å²) in [5.41, 5.74) is -0.0238. The van der Waals surface area contributed by atoms with Crippen molar-refractivity contribution in [3.63, 3.8) is 0 Å². The Balaban J connectivity index is 2.19. The first-order valence-electron chi connectivity index (χ1n) is 6.32. The third-order valence-corrected chi connectivity index (χ3v) is 2.89. The van der Waals surface area contributed by atoms with E-state index in [1.165, 1.54) is 18.6 Å². The summed E-state index contributed by atoms with van der Waals surface area (Å²) in [6.45, 7) is 0. The first kappa shape index (κ1) is 14.1. The van der Waals surface area contributed by atoms with Crippen LogP contribution in [0.25, 0.3) is 22.8 Å². The predicted octanol–water partition coefficient (Wildman–Crippen LogP) is 3.62. The van der Waals surface area contributed by atoms with Gasteiger partial charge in [0.1, 0.15) is 11.4 Å². The van der Waals surface area contributed by atoms with E-state index in [-0.39, 0.29) is 17.2 Å². The van der Waals surface area contributed by atoms with Gasteiger partial charge in [0.25, 0.3) is 0 Å². The van der Waals surface area contributed by atoms with Crippen LogP contribution in [-0.4, -0.2) is 19.9 Å². The highest BCUT2D eigenvalue weighted by Gasteiger charge is 2.34. The summed E-state index contributed by atoms with van der Waals surface area (Å²) < 4.78 is 39.2. The quantitative estimate of drug-likeness (QED) is 0.725. The fourth-order valence-corrected chi connectivity index (χ4v) is 1.87. The van der Waals surface area contributed by atoms with Crippen molar-refractivity contribution in [2.45, 2.75) is 6.18 Å². The van der Waals surface area contributed by atoms with Crippen LogP contribution >= 0.6 is 0 Å². The molecule has 0 fully saturated rings. The number of halogens is 3. The van der Waals surface area contributed by atoms with Crippen molar-refractivity contribution in [1.29, 1.82) is 0 Å². The van der Waals surface area contributed by atoms with Gasteiger partial charge in [-0.1, -0.05) is 6.07 Å². The average Bonchev–Trinajstić information content (AvgIpc) is 2.55. The molecule has 0 spiro atoms. The van der Waals surface area contributed by atoms with Crippen molar-refractivity contribution < 1.29 is 13.2 Å². The summed E-state index contributed by atoms with van der Waals surface area (Å²) in [5, 5.41) is 0. The van der Waals surface area contributed by atoms with Gasteiger partial charge in [-0.05, 0) is 30.3 Å². The largest absolute Gasteiger partial charge is 0.433 e. The molecule has 4 nitrogen and oxygen atoms in total. The van der Waals surface area contributed by atoms with Crippen molar-refractivity contribution in [1.82, 2.24) is 19.9 Å². The highest BCUT2D eigenvalue weighted by molar-refractivity contribution is 5.62. The molecule has 0 unspecified atom stereocenters. The third-order valence-electron chi connectivity index (χ3n) is 2.89. The minimum atomic E-state index is -4.56. The Hall–Kier alpha value is -2.83. The number of nitrogens with zero attached hydrogens (tertiary/aromatic N) is 4. The van der Waals surface area contributed by atoms with Crippen molar-refractivity contribution in [2.75, 3.05) is 0 Å². The molecule has 22 heavy (non-hydrogen) atoms. The van der Waals surface area contributed by atoms with Crippen LogP contribution in [0, 0.1) is 0 Å². The lowest BCUT2D eigenvalue weighted by Gasteiger charge is -2.10. The fraction of sp³-hybridized carbons (Fsp3) is 0.0667. The molecular weight excluding hydrogens is 293 g/mol. The Bertz CT molecular complexity index is 716. The Kier molecular flexibility index (Phi) is 3.54. The van der Waals surface area contributed by atoms with E-state index in [4.69, 9.17) is 0 Å². The van der Waals surface area contributed by atoms with Crippen LogP contribution in [0.2, 0.25) is 0 Å². The lowest BCUT2D eigenvalue weighted by atomic mass is 10.1. The van der Waals surface area contributed by atoms with Crippen LogP contribution < -0.4 is 0 Å². The molecule has 110 valence electrons. The van der Waals surface area contributed by atoms with Gasteiger partial charge in [0.15, 0.2) is 5.82 Å². The maximum absolute atomic E-state index is 13.1. The molecule has 3 aromatic rings. The lowest BCUT2D eigenvalue weighted by Crippen LogP contribution is -2.10. The molecule has 0 aliphatic rings. The second kappa shape index (κ2) is 5.51. The molecule has 3 heterocycles. The van der Waals surface area contributed by atoms with Crippen LogP contribution in [0.5, 0.6) is 0 Å². The number of pyridine rings is 2. The van der Waals surface area contributed by atoms with Crippen molar-refractivity contribution in [2.24, 2.45) is 0 Å². The summed E-state index contributed by atoms with van der Waals surface area (Å²) >= 11 is 0. The van der Waals surface area contributed by atoms with Gasteiger partial charge >= 0.3 is 6.18 Å². The molecule has 7 heteroatoms. The molecule has 0 bridgehead atoms. The summed E-state index contributed by atoms with van der Waals surface area (Å²) in [6.07, 6.45) is -0.102. The van der Waals surface area contributed by atoms with Gasteiger partial charge in [0.2, 0.25) is 0 Å². The molecule has 0 aliphatic carbocycles. The van der Waals surface area contributed by atoms with E-state index in [9.17, 15) is 13.2 Å². The summed E-state index contributed by atoms with van der Waals surface area (Å²) in [6, 6.07) is 8.99. The Morgan fingerprint density at radius 1 is 0.818 bits per heavy atom. The maximum atomic E-state index is 13.1. The monoisotopic (exact) mass is 302 g/mol. The van der Waals surface area contributed by atoms with Gasteiger partial charge in [-0.15, -0.1) is 0 Å². The van der Waals surface area contributed by atoms with Crippen LogP contribution in [0.3, 0.4) is 0 Å². The van der Waals surface area contributed by atoms with E-state index in [0.717, 1.165) is 6.07 Å². The zero-order chi connectivity index (χ0) is 15.6. The summed E-state index contributed by atoms with van der Waals surface area (Å²) in [7, 11) is 0. The van der Waals surface area contributed by atoms with Gasteiger partial charge in [0.05, 0.1) is 5.69 Å². The van der Waals surface area contributed by atoms with Crippen LogP contribution in [0.15, 0.2) is 55.0 Å². The number of rotatable bonds is 2. The number of alkyl halides is 3. The molecule has 0 atom stereocenters. The zero-order valence-electron chi connectivity index (χ0n) is 11.1. The standard InChI is InChI=1S/C15H9F3N4/c16-15(17,18)13-9-12(10-4-7-19-8-5-10)21-14(22-13)11-3-1-2-6-20-11/h1-9H. The van der Waals surface area contributed by atoms with Gasteiger partial charge in [-0.3, -0.25) is 9.97 Å². The molecule has 0 aromatic carbocycles. The van der Waals surface area contributed by atoms with Gasteiger partial charge < -0.3 is 0 Å². The molecule has 0 N–H and O–H groups in total. The van der Waals surface area contributed by atoms with E-state index in [2.05, 4.69) is 19.9 Å². The van der Waals surface area contributed by atoms with Crippen LogP contribution in [0.1, 0.15) is 5.69 Å². The van der Waals surface area contributed by atoms with Gasteiger partial charge in [0, 0.05) is 24.2 Å². The Labute approximate surface area is 123 Å². The fourth-order valence-electron chi connectivity index (χ4n) is 1.87. The van der Waals surface area contributed by atoms with Crippen LogP contribution in [-0.2, 0) is 6.18 Å². The molecule has 0 saturated carbocycles. The number of hydrogen-bond acceptors (Lipinski definition) is 4. The first-order valence-corrected chi connectivity index (χ1v) is 6.32. The average molecular weight is 302 g/mol. The van der Waals surface area contributed by atoms with Gasteiger partial charge in [-0.2, -0.15) is 13.2 Å². The molecule has 3 rings (SSSR count). The first-order chi connectivity index (χ1) is 10.5. The molecule has 3 aromatic heterocycles. The topological polar surface area (TPSA) is 51.6 Å². The van der Waals surface area contributed by atoms with Gasteiger partial charge in [-0.25, -0.2) is 9.97 Å². The maximum Gasteiger partial charge on any atom is 0.433 e. The summed E-state index contributed by atoms with van der Waals surface area (Å²) in [5.74, 6) is -0.0674. The molecule has 0 radical (unpaired) electrons. The smallest absolute Gasteiger partial charge is 0.265 e. The highest BCUT2D eigenvalue weighted by atomic mass is 19.4. The lowest BCUT2D eigenvalue weighted by molar-refractivity contribution is -0.141. The second-order valence-electron chi connectivity index (χ2n) is 4.41. The minimum Gasteiger partial charge on any atom is -0.265 e. The highest BCUT2D eigenvalue weighted by Crippen LogP contribution is 2.31. The van der Waals surface area contributed by atoms with E-state index in [0.29, 0.717) is 5.56 Å². The molecule has 0 saturated heterocycles. The van der Waals surface area contributed by atoms with Crippen LogP contribution in [0.4, 0.5) is 13.2 Å². The van der Waals surface area contributed by atoms with Crippen molar-refractivity contribution in [3.8, 4) is 22.8 Å². The van der Waals surface area contributed by atoms with Crippen molar-refractivity contribution >= 4 is 0 Å². The zero-order valence-corrected chi connectivity index (χ0v) is 11.1. The van der Waals surface area contributed by atoms with E-state index in [1.807, 2.05) is 0 Å². The predicted molar refractivity (Wildman–Crippen MR) is 73.5 cm³/mol. The number of hydrogen-bond donors (Lipinski definition) is 0. The van der Waals surface area contributed by atoms with Crippen molar-refractivity contribution in [3.05, 3.63) is 60.7 Å². The summed E-state index contributed by atoms with van der Waals surface area (Å²) in [4.78, 5) is 15.6.